The fourth-order valence-corrected chi connectivity index (χ4v) is 5.58. The summed E-state index contributed by atoms with van der Waals surface area (Å²) in [4.78, 5) is 103. The van der Waals surface area contributed by atoms with Gasteiger partial charge in [-0.25, -0.2) is 0 Å². The van der Waals surface area contributed by atoms with Gasteiger partial charge in [-0.15, -0.1) is 9.46 Å². The van der Waals surface area contributed by atoms with Crippen molar-refractivity contribution in [3.05, 3.63) is 125 Å². The Morgan fingerprint density at radius 1 is 0.571 bits per heavy atom. The van der Waals surface area contributed by atoms with Crippen LogP contribution in [0.2, 0.25) is 0 Å². The van der Waals surface area contributed by atoms with Crippen LogP contribution in [0.3, 0.4) is 0 Å². The molecular weight excluding hydrogens is 736 g/mol. The summed E-state index contributed by atoms with van der Waals surface area (Å²) < 4.78 is 2.63. The first-order valence-corrected chi connectivity index (χ1v) is 17.4. The van der Waals surface area contributed by atoms with Crippen LogP contribution in [-0.4, -0.2) is 112 Å². The lowest BCUT2D eigenvalue weighted by Crippen LogP contribution is -2.39. The highest BCUT2D eigenvalue weighted by Gasteiger charge is 2.23. The number of nitrogens with zero attached hydrogens (tertiary/aromatic N) is 6. The average molecular weight is 779 g/mol. The minimum absolute atomic E-state index is 0.0112. The van der Waals surface area contributed by atoms with E-state index in [-0.39, 0.29) is 96.9 Å². The van der Waals surface area contributed by atoms with Crippen LogP contribution in [0.4, 0.5) is 0 Å². The number of nitrogens with one attached hydrogen (secondary N) is 2. The van der Waals surface area contributed by atoms with E-state index >= 15 is 0 Å². The van der Waals surface area contributed by atoms with E-state index in [0.29, 0.717) is 0 Å². The molecule has 0 radical (unpaired) electrons. The van der Waals surface area contributed by atoms with Gasteiger partial charge in [0.2, 0.25) is 0 Å². The van der Waals surface area contributed by atoms with E-state index in [1.165, 1.54) is 72.7 Å². The van der Waals surface area contributed by atoms with Crippen molar-refractivity contribution >= 4 is 23.6 Å². The van der Waals surface area contributed by atoms with Crippen LogP contribution in [0.15, 0.2) is 80.1 Å². The molecule has 4 aromatic heterocycles. The maximum absolute atomic E-state index is 13.5. The second-order valence-corrected chi connectivity index (χ2v) is 12.6. The zero-order valence-corrected chi connectivity index (χ0v) is 30.6. The van der Waals surface area contributed by atoms with Gasteiger partial charge in [-0.1, -0.05) is 12.1 Å². The standard InChI is InChI=1S/C36H42N8O12/c1-39-21-13-23(29(47)35(39)53)31(49)37-15-7-19-41(33(51)25-9-5-11-27(45)43(25)55)17-3-4-18-42(34(52)26-10-6-12-28(46)44(26)56)20-8-16-38-32(50)24-14-22-40(2)36(54)30(24)48/h5-6,9-14,21-22,47-48,55-56H,3-4,7-8,15-20H2,1-2H3,(H,37,49)(H,38,50). The van der Waals surface area contributed by atoms with Gasteiger partial charge < -0.3 is 50.2 Å². The summed E-state index contributed by atoms with van der Waals surface area (Å²) in [6.45, 7) is 0.182. The Bertz CT molecular complexity index is 2180. The maximum Gasteiger partial charge on any atom is 0.293 e. The molecule has 4 heterocycles. The van der Waals surface area contributed by atoms with E-state index in [2.05, 4.69) is 10.6 Å². The highest BCUT2D eigenvalue weighted by molar-refractivity contribution is 5.97. The first-order valence-electron chi connectivity index (χ1n) is 17.4. The summed E-state index contributed by atoms with van der Waals surface area (Å²) in [5.41, 5.74) is -4.29. The topological polar surface area (TPSA) is 268 Å². The van der Waals surface area contributed by atoms with Crippen molar-refractivity contribution in [2.45, 2.75) is 25.7 Å². The predicted molar refractivity (Wildman–Crippen MR) is 197 cm³/mol. The largest absolute Gasteiger partial charge is 0.502 e. The number of carbonyl (C=O) groups excluding carboxylic acids is 4. The maximum atomic E-state index is 13.5. The third-order valence-electron chi connectivity index (χ3n) is 8.73. The molecule has 0 fully saturated rings. The lowest BCUT2D eigenvalue weighted by Gasteiger charge is -2.26. The van der Waals surface area contributed by atoms with Crippen molar-refractivity contribution in [3.63, 3.8) is 0 Å². The van der Waals surface area contributed by atoms with Crippen molar-refractivity contribution in [1.82, 2.24) is 39.0 Å². The normalized spacial score (nSPS) is 10.8. The molecule has 0 bridgehead atoms. The van der Waals surface area contributed by atoms with Crippen LogP contribution in [-0.2, 0) is 14.1 Å². The molecule has 0 unspecified atom stereocenters. The zero-order chi connectivity index (χ0) is 41.1. The highest BCUT2D eigenvalue weighted by atomic mass is 16.5. The number of pyridine rings is 4. The second kappa shape index (κ2) is 18.8. The number of hydrogen-bond acceptors (Lipinski definition) is 12. The Hall–Kier alpha value is -7.12. The Morgan fingerprint density at radius 2 is 0.929 bits per heavy atom. The second-order valence-electron chi connectivity index (χ2n) is 12.6. The minimum Gasteiger partial charge on any atom is -0.502 e. The number of rotatable bonds is 17. The fourth-order valence-electron chi connectivity index (χ4n) is 5.58. The minimum atomic E-state index is -0.838. The van der Waals surface area contributed by atoms with Gasteiger partial charge in [-0.2, -0.15) is 0 Å². The molecule has 20 nitrogen and oxygen atoms in total. The van der Waals surface area contributed by atoms with E-state index in [4.69, 9.17) is 0 Å². The van der Waals surface area contributed by atoms with Crippen LogP contribution in [0.5, 0.6) is 11.5 Å². The molecular formula is C36H42N8O12. The number of aromatic hydroxyl groups is 2. The molecule has 0 aliphatic carbocycles. The molecule has 0 atom stereocenters. The van der Waals surface area contributed by atoms with Crippen molar-refractivity contribution in [2.75, 3.05) is 39.3 Å². The molecule has 20 heteroatoms. The smallest absolute Gasteiger partial charge is 0.293 e. The molecule has 6 N–H and O–H groups in total. The van der Waals surface area contributed by atoms with Gasteiger partial charge in [-0.05, 0) is 49.9 Å². The molecule has 4 aromatic rings. The van der Waals surface area contributed by atoms with Crippen LogP contribution in [0.1, 0.15) is 67.4 Å². The van der Waals surface area contributed by atoms with Gasteiger partial charge in [0.1, 0.15) is 11.4 Å². The molecule has 0 spiro atoms. The third-order valence-corrected chi connectivity index (χ3v) is 8.73. The number of amides is 4. The summed E-state index contributed by atoms with van der Waals surface area (Å²) in [6, 6.07) is 9.79. The summed E-state index contributed by atoms with van der Waals surface area (Å²) in [5.74, 6) is -4.29. The number of aryl methyl sites for hydroxylation is 2. The van der Waals surface area contributed by atoms with Crippen LogP contribution >= 0.6 is 0 Å². The fraction of sp³-hybridized carbons (Fsp3) is 0.333. The van der Waals surface area contributed by atoms with E-state index in [1.807, 2.05) is 0 Å². The van der Waals surface area contributed by atoms with Crippen molar-refractivity contribution in [1.29, 1.82) is 0 Å². The van der Waals surface area contributed by atoms with Gasteiger partial charge in [0, 0.05) is 77.9 Å². The summed E-state index contributed by atoms with van der Waals surface area (Å²) in [7, 11) is 2.82. The molecule has 0 saturated heterocycles. The predicted octanol–water partition coefficient (Wildman–Crippen LogP) is -0.702. The summed E-state index contributed by atoms with van der Waals surface area (Å²) in [6.07, 6.45) is 3.55. The Kier molecular flexibility index (Phi) is 14.0. The quantitative estimate of drug-likeness (QED) is 0.0574. The number of hydrogen-bond donors (Lipinski definition) is 6. The van der Waals surface area contributed by atoms with E-state index in [0.717, 1.165) is 21.3 Å². The van der Waals surface area contributed by atoms with Crippen LogP contribution in [0.25, 0.3) is 0 Å². The molecule has 0 aliphatic heterocycles. The van der Waals surface area contributed by atoms with E-state index in [1.54, 1.807) is 0 Å². The zero-order valence-electron chi connectivity index (χ0n) is 30.6. The third kappa shape index (κ3) is 9.89. The molecule has 4 rings (SSSR count). The molecule has 0 saturated carbocycles. The first kappa shape index (κ1) is 41.6. The van der Waals surface area contributed by atoms with E-state index < -0.39 is 57.4 Å². The van der Waals surface area contributed by atoms with Crippen molar-refractivity contribution < 1.29 is 39.8 Å². The Balaban J connectivity index is 1.42. The Morgan fingerprint density at radius 3 is 1.30 bits per heavy atom. The van der Waals surface area contributed by atoms with E-state index in [9.17, 15) is 59.0 Å². The van der Waals surface area contributed by atoms with Gasteiger partial charge in [0.15, 0.2) is 11.5 Å². The van der Waals surface area contributed by atoms with Gasteiger partial charge >= 0.3 is 0 Å². The monoisotopic (exact) mass is 778 g/mol. The van der Waals surface area contributed by atoms with Crippen LogP contribution < -0.4 is 32.9 Å². The highest BCUT2D eigenvalue weighted by Crippen LogP contribution is 2.13. The van der Waals surface area contributed by atoms with Gasteiger partial charge in [0.05, 0.1) is 11.1 Å². The summed E-state index contributed by atoms with van der Waals surface area (Å²) in [5, 5.41) is 45.8. The van der Waals surface area contributed by atoms with Gasteiger partial charge in [-0.3, -0.25) is 38.4 Å². The molecule has 56 heavy (non-hydrogen) atoms. The molecule has 0 aromatic carbocycles. The number of aromatic nitrogens is 4. The number of carbonyl (C=O) groups is 4. The lowest BCUT2D eigenvalue weighted by molar-refractivity contribution is 0.0657. The van der Waals surface area contributed by atoms with Crippen molar-refractivity contribution in [2.24, 2.45) is 14.1 Å². The average Bonchev–Trinajstić information content (AvgIpc) is 3.17. The molecule has 298 valence electrons. The lowest BCUT2D eigenvalue weighted by atomic mass is 10.2. The van der Waals surface area contributed by atoms with Crippen molar-refractivity contribution in [3.8, 4) is 11.5 Å². The SMILES string of the molecule is Cn1ccc(C(=O)NCCCN(CCCCN(CCCNC(=O)c2ccn(C)c(=O)c2O)C(=O)c2cccc(=O)n2O)C(=O)c2cccc(=O)n2O)c(O)c1=O. The molecule has 0 aliphatic rings. The van der Waals surface area contributed by atoms with Crippen LogP contribution in [0, 0.1) is 0 Å². The molecule has 4 amide bonds. The Labute approximate surface area is 317 Å². The summed E-state index contributed by atoms with van der Waals surface area (Å²) >= 11 is 0. The first-order chi connectivity index (χ1) is 26.6. The number of unbranched alkanes of at least 4 members (excludes halogenated alkanes) is 1. The van der Waals surface area contributed by atoms with Gasteiger partial charge in [0.25, 0.3) is 45.9 Å².